The summed E-state index contributed by atoms with van der Waals surface area (Å²) in [6.07, 6.45) is 0. The maximum absolute atomic E-state index is 13.1. The Morgan fingerprint density at radius 2 is 1.57 bits per heavy atom. The van der Waals surface area contributed by atoms with E-state index in [4.69, 9.17) is 0 Å². The zero-order valence-corrected chi connectivity index (χ0v) is 17.8. The smallest absolute Gasteiger partial charge is 0.261 e. The first kappa shape index (κ1) is 21.5. The van der Waals surface area contributed by atoms with Crippen LogP contribution in [0.3, 0.4) is 0 Å². The molecule has 0 bridgehead atoms. The molecule has 1 atom stereocenters. The highest BCUT2D eigenvalue weighted by molar-refractivity contribution is 7.92. The topological polar surface area (TPSA) is 75.3 Å². The molecule has 0 radical (unpaired) electrons. The summed E-state index contributed by atoms with van der Waals surface area (Å²) in [5, 5.41) is 2.86. The van der Waals surface area contributed by atoms with Crippen LogP contribution in [0.25, 0.3) is 0 Å². The number of hydrogen-bond acceptors (Lipinski definition) is 3. The van der Waals surface area contributed by atoms with E-state index in [-0.39, 0.29) is 22.7 Å². The second-order valence-electron chi connectivity index (χ2n) is 7.14. The average molecular weight is 427 g/mol. The summed E-state index contributed by atoms with van der Waals surface area (Å²) in [7, 11) is -3.78. The van der Waals surface area contributed by atoms with Gasteiger partial charge in [0.2, 0.25) is 0 Å². The molecule has 7 heteroatoms. The molecule has 30 heavy (non-hydrogen) atoms. The van der Waals surface area contributed by atoms with Crippen LogP contribution in [0.4, 0.5) is 10.1 Å². The van der Waals surface area contributed by atoms with Gasteiger partial charge in [0, 0.05) is 5.56 Å². The molecule has 3 aromatic rings. The summed E-state index contributed by atoms with van der Waals surface area (Å²) in [5.41, 5.74) is 2.92. The third-order valence-corrected chi connectivity index (χ3v) is 6.25. The number of aryl methyl sites for hydroxylation is 1. The van der Waals surface area contributed by atoms with Crippen LogP contribution in [0.5, 0.6) is 0 Å². The number of hydrogen-bond donors (Lipinski definition) is 2. The Labute approximate surface area is 176 Å². The van der Waals surface area contributed by atoms with Gasteiger partial charge in [-0.3, -0.25) is 9.52 Å². The molecule has 0 aliphatic heterocycles. The minimum absolute atomic E-state index is 0.146. The molecular formula is C23H23FN2O3S. The maximum Gasteiger partial charge on any atom is 0.261 e. The molecule has 2 N–H and O–H groups in total. The number of carbonyl (C=O) groups excluding carboxylic acids is 1. The van der Waals surface area contributed by atoms with Gasteiger partial charge in [0.25, 0.3) is 15.9 Å². The number of amides is 1. The second kappa shape index (κ2) is 8.67. The third-order valence-electron chi connectivity index (χ3n) is 4.87. The summed E-state index contributed by atoms with van der Waals surface area (Å²) in [4.78, 5) is 12.9. The number of sulfonamides is 1. The molecule has 0 saturated heterocycles. The minimum Gasteiger partial charge on any atom is -0.346 e. The van der Waals surface area contributed by atoms with Crippen LogP contribution < -0.4 is 10.0 Å². The van der Waals surface area contributed by atoms with Gasteiger partial charge < -0.3 is 5.32 Å². The second-order valence-corrected chi connectivity index (χ2v) is 8.83. The molecule has 156 valence electrons. The summed E-state index contributed by atoms with van der Waals surface area (Å²) in [6.45, 7) is 5.36. The van der Waals surface area contributed by atoms with E-state index in [1.54, 1.807) is 56.3 Å². The monoisotopic (exact) mass is 426 g/mol. The SMILES string of the molecule is Cc1ccc(S(=O)(=O)Nc2cccc(C(=O)N[C@@H](C)c3ccc(F)cc3)c2C)cc1. The van der Waals surface area contributed by atoms with E-state index in [1.807, 2.05) is 6.92 Å². The number of carbonyl (C=O) groups is 1. The predicted octanol–water partition coefficient (Wildman–Crippen LogP) is 4.73. The van der Waals surface area contributed by atoms with Gasteiger partial charge >= 0.3 is 0 Å². The molecule has 0 spiro atoms. The van der Waals surface area contributed by atoms with Gasteiger partial charge in [-0.2, -0.15) is 0 Å². The highest BCUT2D eigenvalue weighted by atomic mass is 32.2. The zero-order valence-electron chi connectivity index (χ0n) is 16.9. The lowest BCUT2D eigenvalue weighted by molar-refractivity contribution is 0.0939. The molecule has 1 amide bonds. The fourth-order valence-electron chi connectivity index (χ4n) is 3.02. The van der Waals surface area contributed by atoms with Crippen molar-refractivity contribution in [3.8, 4) is 0 Å². The van der Waals surface area contributed by atoms with Gasteiger partial charge in [-0.05, 0) is 68.3 Å². The van der Waals surface area contributed by atoms with Crippen LogP contribution in [-0.4, -0.2) is 14.3 Å². The van der Waals surface area contributed by atoms with E-state index in [0.717, 1.165) is 11.1 Å². The summed E-state index contributed by atoms with van der Waals surface area (Å²) < 4.78 is 41.1. The Balaban J connectivity index is 1.81. The Morgan fingerprint density at radius 1 is 0.933 bits per heavy atom. The van der Waals surface area contributed by atoms with Crippen LogP contribution >= 0.6 is 0 Å². The van der Waals surface area contributed by atoms with E-state index in [1.165, 1.54) is 24.3 Å². The van der Waals surface area contributed by atoms with Crippen molar-refractivity contribution in [2.24, 2.45) is 0 Å². The molecule has 3 rings (SSSR count). The largest absolute Gasteiger partial charge is 0.346 e. The fraction of sp³-hybridized carbons (Fsp3) is 0.174. The maximum atomic E-state index is 13.1. The van der Waals surface area contributed by atoms with E-state index in [9.17, 15) is 17.6 Å². The van der Waals surface area contributed by atoms with Crippen molar-refractivity contribution in [1.82, 2.24) is 5.32 Å². The molecule has 3 aromatic carbocycles. The first-order valence-corrected chi connectivity index (χ1v) is 10.9. The van der Waals surface area contributed by atoms with E-state index in [2.05, 4.69) is 10.0 Å². The average Bonchev–Trinajstić information content (AvgIpc) is 2.70. The minimum atomic E-state index is -3.78. The van der Waals surface area contributed by atoms with Crippen LogP contribution in [-0.2, 0) is 10.0 Å². The standard InChI is InChI=1S/C23H23FN2O3S/c1-15-7-13-20(14-8-15)30(28,29)26-22-6-4-5-21(16(22)2)23(27)25-17(3)18-9-11-19(24)12-10-18/h4-14,17,26H,1-3H3,(H,25,27)/t17-/m0/s1. The Morgan fingerprint density at radius 3 is 2.20 bits per heavy atom. The predicted molar refractivity (Wildman–Crippen MR) is 115 cm³/mol. The summed E-state index contributed by atoms with van der Waals surface area (Å²) in [6, 6.07) is 16.9. The van der Waals surface area contributed by atoms with E-state index < -0.39 is 10.0 Å². The van der Waals surface area contributed by atoms with Crippen molar-refractivity contribution in [3.63, 3.8) is 0 Å². The van der Waals surface area contributed by atoms with Crippen LogP contribution in [0.1, 0.15) is 40.0 Å². The lowest BCUT2D eigenvalue weighted by atomic mass is 10.0. The van der Waals surface area contributed by atoms with Gasteiger partial charge in [-0.1, -0.05) is 35.9 Å². The van der Waals surface area contributed by atoms with Crippen molar-refractivity contribution in [2.75, 3.05) is 4.72 Å². The molecule has 5 nitrogen and oxygen atoms in total. The highest BCUT2D eigenvalue weighted by Crippen LogP contribution is 2.24. The number of benzene rings is 3. The molecule has 0 aromatic heterocycles. The fourth-order valence-corrected chi connectivity index (χ4v) is 4.15. The Hall–Kier alpha value is -3.19. The molecule has 0 fully saturated rings. The first-order chi connectivity index (χ1) is 14.2. The van der Waals surface area contributed by atoms with Crippen molar-refractivity contribution in [2.45, 2.75) is 31.7 Å². The van der Waals surface area contributed by atoms with Gasteiger partial charge in [0.05, 0.1) is 16.6 Å². The Kier molecular flexibility index (Phi) is 6.22. The number of nitrogens with one attached hydrogen (secondary N) is 2. The van der Waals surface area contributed by atoms with E-state index >= 15 is 0 Å². The van der Waals surface area contributed by atoms with Gasteiger partial charge in [0.1, 0.15) is 5.82 Å². The lowest BCUT2D eigenvalue weighted by Crippen LogP contribution is -2.27. The molecule has 0 heterocycles. The van der Waals surface area contributed by atoms with Gasteiger partial charge in [0.15, 0.2) is 0 Å². The van der Waals surface area contributed by atoms with Crippen LogP contribution in [0, 0.1) is 19.7 Å². The summed E-state index contributed by atoms with van der Waals surface area (Å²) in [5.74, 6) is -0.692. The number of halogens is 1. The molecule has 0 saturated carbocycles. The van der Waals surface area contributed by atoms with Crippen molar-refractivity contribution >= 4 is 21.6 Å². The quantitative estimate of drug-likeness (QED) is 0.598. The lowest BCUT2D eigenvalue weighted by Gasteiger charge is -2.17. The van der Waals surface area contributed by atoms with Crippen molar-refractivity contribution in [3.05, 3.63) is 94.8 Å². The first-order valence-electron chi connectivity index (χ1n) is 9.43. The molecule has 0 aliphatic carbocycles. The number of rotatable bonds is 6. The van der Waals surface area contributed by atoms with Crippen LogP contribution in [0.15, 0.2) is 71.6 Å². The number of anilines is 1. The third kappa shape index (κ3) is 4.86. The van der Waals surface area contributed by atoms with Gasteiger partial charge in [-0.25, -0.2) is 12.8 Å². The zero-order chi connectivity index (χ0) is 21.9. The van der Waals surface area contributed by atoms with Gasteiger partial charge in [-0.15, -0.1) is 0 Å². The Bertz CT molecular complexity index is 1160. The normalized spacial score (nSPS) is 12.3. The van der Waals surface area contributed by atoms with E-state index in [0.29, 0.717) is 16.8 Å². The summed E-state index contributed by atoms with van der Waals surface area (Å²) >= 11 is 0. The molecular weight excluding hydrogens is 403 g/mol. The molecule has 0 aliphatic rings. The highest BCUT2D eigenvalue weighted by Gasteiger charge is 2.19. The van der Waals surface area contributed by atoms with Crippen LogP contribution in [0.2, 0.25) is 0 Å². The van der Waals surface area contributed by atoms with Crippen molar-refractivity contribution < 1.29 is 17.6 Å². The molecule has 0 unspecified atom stereocenters. The van der Waals surface area contributed by atoms with Crippen molar-refractivity contribution in [1.29, 1.82) is 0 Å².